The fourth-order valence-corrected chi connectivity index (χ4v) is 3.34. The Hall–Kier alpha value is -1.95. The zero-order valence-corrected chi connectivity index (χ0v) is 15.2. The van der Waals surface area contributed by atoms with Crippen LogP contribution in [-0.2, 0) is 10.4 Å². The molecule has 1 amide bonds. The van der Waals surface area contributed by atoms with Crippen molar-refractivity contribution < 1.29 is 9.90 Å². The summed E-state index contributed by atoms with van der Waals surface area (Å²) < 4.78 is 2.06. The van der Waals surface area contributed by atoms with Gasteiger partial charge in [-0.25, -0.2) is 9.97 Å². The molecule has 0 saturated heterocycles. The summed E-state index contributed by atoms with van der Waals surface area (Å²) in [6, 6.07) is 4.00. The van der Waals surface area contributed by atoms with E-state index in [-0.39, 0.29) is 11.3 Å². The number of hydrogen-bond donors (Lipinski definition) is 2. The highest BCUT2D eigenvalue weighted by Crippen LogP contribution is 2.48. The van der Waals surface area contributed by atoms with Gasteiger partial charge in [0.25, 0.3) is 0 Å². The van der Waals surface area contributed by atoms with Crippen LogP contribution < -0.4 is 5.32 Å². The van der Waals surface area contributed by atoms with E-state index in [0.717, 1.165) is 36.8 Å². The van der Waals surface area contributed by atoms with Crippen LogP contribution in [0.5, 0.6) is 0 Å². The van der Waals surface area contributed by atoms with E-state index >= 15 is 0 Å². The quantitative estimate of drug-likeness (QED) is 0.871. The predicted octanol–water partition coefficient (Wildman–Crippen LogP) is 3.51. The Morgan fingerprint density at radius 3 is 2.64 bits per heavy atom. The Morgan fingerprint density at radius 1 is 1.36 bits per heavy atom. The van der Waals surface area contributed by atoms with Crippen molar-refractivity contribution in [1.82, 2.24) is 14.5 Å². The van der Waals surface area contributed by atoms with Crippen molar-refractivity contribution in [3.05, 3.63) is 17.8 Å². The first-order valence-corrected chi connectivity index (χ1v) is 9.17. The van der Waals surface area contributed by atoms with Gasteiger partial charge in [-0.2, -0.15) is 0 Å². The largest absolute Gasteiger partial charge is 0.384 e. The maximum atomic E-state index is 12.4. The molecule has 0 radical (unpaired) electrons. The zero-order chi connectivity index (χ0) is 17.8. The summed E-state index contributed by atoms with van der Waals surface area (Å²) in [7, 11) is 0. The van der Waals surface area contributed by atoms with E-state index in [1.807, 2.05) is 6.07 Å². The number of nitrogens with zero attached hydrogens (tertiary/aromatic N) is 3. The Kier molecular flexibility index (Phi) is 3.65. The number of pyridine rings is 1. The monoisotopic (exact) mass is 342 g/mol. The second-order valence-corrected chi connectivity index (χ2v) is 8.52. The van der Waals surface area contributed by atoms with Crippen molar-refractivity contribution in [3.8, 4) is 0 Å². The van der Waals surface area contributed by atoms with Crippen LogP contribution in [0.1, 0.15) is 71.0 Å². The molecule has 0 aromatic carbocycles. The van der Waals surface area contributed by atoms with Crippen LogP contribution in [0, 0.1) is 5.41 Å². The second-order valence-electron chi connectivity index (χ2n) is 8.52. The zero-order valence-electron chi connectivity index (χ0n) is 15.2. The molecule has 2 aliphatic rings. The number of hydrogen-bond acceptors (Lipinski definition) is 4. The summed E-state index contributed by atoms with van der Waals surface area (Å²) in [5.74, 6) is 0.618. The summed E-state index contributed by atoms with van der Waals surface area (Å²) >= 11 is 0. The van der Waals surface area contributed by atoms with Gasteiger partial charge in [0.05, 0.1) is 5.69 Å². The topological polar surface area (TPSA) is 80.0 Å². The van der Waals surface area contributed by atoms with E-state index in [4.69, 9.17) is 0 Å². The van der Waals surface area contributed by atoms with Gasteiger partial charge in [-0.1, -0.05) is 6.92 Å². The SMILES string of the molecule is CC1(CC(=O)Nc2nc3ccc(C(C)(C)O)nc3n2C2CCC2)CC1. The molecule has 4 rings (SSSR count). The molecule has 6 nitrogen and oxygen atoms in total. The van der Waals surface area contributed by atoms with Crippen molar-refractivity contribution in [1.29, 1.82) is 0 Å². The predicted molar refractivity (Wildman–Crippen MR) is 96.2 cm³/mol. The van der Waals surface area contributed by atoms with E-state index < -0.39 is 5.60 Å². The summed E-state index contributed by atoms with van der Waals surface area (Å²) in [4.78, 5) is 21.7. The number of rotatable bonds is 5. The molecule has 0 aliphatic heterocycles. The van der Waals surface area contributed by atoms with Gasteiger partial charge in [0.2, 0.25) is 11.9 Å². The third-order valence-electron chi connectivity index (χ3n) is 5.55. The number of aromatic nitrogens is 3. The number of nitrogens with one attached hydrogen (secondary N) is 1. The summed E-state index contributed by atoms with van der Waals surface area (Å²) in [5, 5.41) is 13.3. The lowest BCUT2D eigenvalue weighted by Crippen LogP contribution is -2.24. The van der Waals surface area contributed by atoms with E-state index in [2.05, 4.69) is 26.8 Å². The Balaban J connectivity index is 1.71. The first-order valence-electron chi connectivity index (χ1n) is 9.17. The van der Waals surface area contributed by atoms with E-state index in [1.54, 1.807) is 19.9 Å². The minimum Gasteiger partial charge on any atom is -0.384 e. The van der Waals surface area contributed by atoms with Gasteiger partial charge < -0.3 is 5.11 Å². The van der Waals surface area contributed by atoms with Gasteiger partial charge >= 0.3 is 0 Å². The summed E-state index contributed by atoms with van der Waals surface area (Å²) in [5.41, 5.74) is 1.28. The minimum atomic E-state index is -1.01. The first kappa shape index (κ1) is 16.5. The normalized spacial score (nSPS) is 19.7. The summed E-state index contributed by atoms with van der Waals surface area (Å²) in [6.45, 7) is 5.60. The molecule has 2 N–H and O–H groups in total. The molecule has 2 aliphatic carbocycles. The van der Waals surface area contributed by atoms with E-state index in [1.165, 1.54) is 6.42 Å². The number of amides is 1. The maximum absolute atomic E-state index is 12.4. The standard InChI is InChI=1S/C19H26N4O2/c1-18(2,25)14-8-7-13-16(21-14)23(12-5-4-6-12)17(20-13)22-15(24)11-19(3)9-10-19/h7-8,12,25H,4-6,9-11H2,1-3H3,(H,20,22,24). The smallest absolute Gasteiger partial charge is 0.227 e. The molecule has 2 saturated carbocycles. The van der Waals surface area contributed by atoms with Gasteiger partial charge in [-0.3, -0.25) is 14.7 Å². The van der Waals surface area contributed by atoms with Gasteiger partial charge in [0.15, 0.2) is 5.65 Å². The van der Waals surface area contributed by atoms with Crippen LogP contribution in [0.4, 0.5) is 5.95 Å². The molecule has 0 bridgehead atoms. The van der Waals surface area contributed by atoms with E-state index in [9.17, 15) is 9.90 Å². The van der Waals surface area contributed by atoms with Crippen molar-refractivity contribution in [2.24, 2.45) is 5.41 Å². The highest BCUT2D eigenvalue weighted by Gasteiger charge is 2.39. The number of carbonyl (C=O) groups excluding carboxylic acids is 1. The molecule has 2 aromatic rings. The average Bonchev–Trinajstić information content (AvgIpc) is 3.08. The fraction of sp³-hybridized carbons (Fsp3) is 0.632. The first-order chi connectivity index (χ1) is 11.8. The highest BCUT2D eigenvalue weighted by molar-refractivity contribution is 5.91. The van der Waals surface area contributed by atoms with Crippen molar-refractivity contribution in [3.63, 3.8) is 0 Å². The number of fused-ring (bicyclic) bond motifs is 1. The molecule has 2 heterocycles. The second kappa shape index (κ2) is 5.53. The highest BCUT2D eigenvalue weighted by atomic mass is 16.3. The van der Waals surface area contributed by atoms with Gasteiger partial charge in [-0.15, -0.1) is 0 Å². The molecule has 2 aromatic heterocycles. The van der Waals surface area contributed by atoms with Crippen molar-refractivity contribution in [2.75, 3.05) is 5.32 Å². The Bertz CT molecular complexity index is 826. The van der Waals surface area contributed by atoms with Crippen LogP contribution in [0.25, 0.3) is 11.2 Å². The van der Waals surface area contributed by atoms with Crippen LogP contribution >= 0.6 is 0 Å². The molecule has 0 atom stereocenters. The van der Waals surface area contributed by atoms with E-state index in [0.29, 0.717) is 24.1 Å². The molecule has 0 unspecified atom stereocenters. The molecule has 6 heteroatoms. The number of carbonyl (C=O) groups is 1. The molecular weight excluding hydrogens is 316 g/mol. The lowest BCUT2D eigenvalue weighted by Gasteiger charge is -2.29. The molecule has 25 heavy (non-hydrogen) atoms. The van der Waals surface area contributed by atoms with Gasteiger partial charge in [-0.05, 0) is 63.5 Å². The summed E-state index contributed by atoms with van der Waals surface area (Å²) in [6.07, 6.45) is 6.11. The lowest BCUT2D eigenvalue weighted by atomic mass is 9.93. The Morgan fingerprint density at radius 2 is 2.08 bits per heavy atom. The maximum Gasteiger partial charge on any atom is 0.227 e. The fourth-order valence-electron chi connectivity index (χ4n) is 3.34. The Labute approximate surface area is 147 Å². The molecular formula is C19H26N4O2. The van der Waals surface area contributed by atoms with Gasteiger partial charge in [0, 0.05) is 12.5 Å². The van der Waals surface area contributed by atoms with Gasteiger partial charge in [0.1, 0.15) is 11.1 Å². The number of imidazole rings is 1. The van der Waals surface area contributed by atoms with Crippen molar-refractivity contribution >= 4 is 23.0 Å². The lowest BCUT2D eigenvalue weighted by molar-refractivity contribution is -0.117. The van der Waals surface area contributed by atoms with Crippen LogP contribution in [0.15, 0.2) is 12.1 Å². The van der Waals surface area contributed by atoms with Crippen LogP contribution in [-0.4, -0.2) is 25.5 Å². The molecule has 134 valence electrons. The van der Waals surface area contributed by atoms with Crippen LogP contribution in [0.2, 0.25) is 0 Å². The number of aliphatic hydroxyl groups is 1. The average molecular weight is 342 g/mol. The molecule has 0 spiro atoms. The minimum absolute atomic E-state index is 0.0265. The third-order valence-corrected chi connectivity index (χ3v) is 5.55. The van der Waals surface area contributed by atoms with Crippen LogP contribution in [0.3, 0.4) is 0 Å². The molecule has 2 fully saturated rings. The third kappa shape index (κ3) is 3.15. The van der Waals surface area contributed by atoms with Crippen molar-refractivity contribution in [2.45, 2.75) is 70.9 Å². The number of anilines is 1.